The molecule has 0 radical (unpaired) electrons. The van der Waals surface area contributed by atoms with Crippen LogP contribution in [0.2, 0.25) is 0 Å². The molecule has 1 aromatic carbocycles. The van der Waals surface area contributed by atoms with Gasteiger partial charge in [0.2, 0.25) is 5.91 Å². The fraction of sp³-hybridized carbons (Fsp3) is 0.632. The Morgan fingerprint density at radius 2 is 2.00 bits per heavy atom. The predicted molar refractivity (Wildman–Crippen MR) is 99.1 cm³/mol. The van der Waals surface area contributed by atoms with Crippen LogP contribution < -0.4 is 15.8 Å². The standard InChI is InChI=1S/C19H33N3O2/c1-3-22(4-2)16-17-9-7-10-18(15-17)24-14-8-13-21-19(23)11-5-6-12-20/h7,9-10,15H,3-6,8,11-14,16,20H2,1-2H3,(H,21,23). The minimum atomic E-state index is 0.102. The monoisotopic (exact) mass is 335 g/mol. The molecule has 0 aliphatic rings. The highest BCUT2D eigenvalue weighted by atomic mass is 16.5. The smallest absolute Gasteiger partial charge is 0.219 e. The number of amides is 1. The van der Waals surface area contributed by atoms with Gasteiger partial charge in [0, 0.05) is 19.5 Å². The van der Waals surface area contributed by atoms with E-state index in [1.54, 1.807) is 0 Å². The summed E-state index contributed by atoms with van der Waals surface area (Å²) in [4.78, 5) is 13.9. The van der Waals surface area contributed by atoms with E-state index >= 15 is 0 Å². The molecule has 5 nitrogen and oxygen atoms in total. The lowest BCUT2D eigenvalue weighted by Gasteiger charge is -2.18. The molecular weight excluding hydrogens is 302 g/mol. The van der Waals surface area contributed by atoms with Gasteiger partial charge < -0.3 is 15.8 Å². The molecule has 0 fully saturated rings. The SMILES string of the molecule is CCN(CC)Cc1cccc(OCCCNC(=O)CCCCN)c1. The van der Waals surface area contributed by atoms with Gasteiger partial charge in [-0.2, -0.15) is 0 Å². The largest absolute Gasteiger partial charge is 0.494 e. The van der Waals surface area contributed by atoms with Crippen molar-refractivity contribution in [2.75, 3.05) is 32.8 Å². The molecule has 0 atom stereocenters. The van der Waals surface area contributed by atoms with E-state index in [4.69, 9.17) is 10.5 Å². The molecule has 24 heavy (non-hydrogen) atoms. The van der Waals surface area contributed by atoms with Crippen LogP contribution in [0.5, 0.6) is 5.75 Å². The first-order valence-corrected chi connectivity index (χ1v) is 9.10. The zero-order chi connectivity index (χ0) is 17.6. The summed E-state index contributed by atoms with van der Waals surface area (Å²) in [7, 11) is 0. The summed E-state index contributed by atoms with van der Waals surface area (Å²) in [5, 5.41) is 2.91. The van der Waals surface area contributed by atoms with Crippen LogP contribution in [-0.4, -0.2) is 43.6 Å². The average Bonchev–Trinajstić information content (AvgIpc) is 2.60. The van der Waals surface area contributed by atoms with Crippen LogP contribution in [-0.2, 0) is 11.3 Å². The predicted octanol–water partition coefficient (Wildman–Crippen LogP) is 2.54. The van der Waals surface area contributed by atoms with E-state index in [0.29, 0.717) is 26.1 Å². The number of carbonyl (C=O) groups is 1. The van der Waals surface area contributed by atoms with Crippen molar-refractivity contribution >= 4 is 5.91 Å². The third-order valence-corrected chi connectivity index (χ3v) is 3.97. The quantitative estimate of drug-likeness (QED) is 0.544. The van der Waals surface area contributed by atoms with E-state index in [-0.39, 0.29) is 5.91 Å². The van der Waals surface area contributed by atoms with Gasteiger partial charge in [-0.3, -0.25) is 9.69 Å². The average molecular weight is 335 g/mol. The van der Waals surface area contributed by atoms with Gasteiger partial charge >= 0.3 is 0 Å². The molecule has 0 saturated carbocycles. The normalized spacial score (nSPS) is 10.8. The highest BCUT2D eigenvalue weighted by Crippen LogP contribution is 2.15. The molecule has 1 rings (SSSR count). The van der Waals surface area contributed by atoms with Gasteiger partial charge in [-0.05, 0) is 56.6 Å². The summed E-state index contributed by atoms with van der Waals surface area (Å²) >= 11 is 0. The fourth-order valence-corrected chi connectivity index (χ4v) is 2.45. The number of hydrogen-bond acceptors (Lipinski definition) is 4. The summed E-state index contributed by atoms with van der Waals surface area (Å²) in [5.74, 6) is 0.999. The number of nitrogens with two attached hydrogens (primary N) is 1. The molecule has 136 valence electrons. The van der Waals surface area contributed by atoms with Crippen molar-refractivity contribution in [2.24, 2.45) is 5.73 Å². The number of hydrogen-bond donors (Lipinski definition) is 2. The first-order valence-electron chi connectivity index (χ1n) is 9.10. The van der Waals surface area contributed by atoms with E-state index in [9.17, 15) is 4.79 Å². The number of carbonyl (C=O) groups excluding carboxylic acids is 1. The number of ether oxygens (including phenoxy) is 1. The first-order chi connectivity index (χ1) is 11.7. The molecule has 0 heterocycles. The molecular formula is C19H33N3O2. The fourth-order valence-electron chi connectivity index (χ4n) is 2.45. The van der Waals surface area contributed by atoms with Crippen molar-refractivity contribution in [3.63, 3.8) is 0 Å². The summed E-state index contributed by atoms with van der Waals surface area (Å²) in [6.45, 7) is 9.30. The van der Waals surface area contributed by atoms with Gasteiger partial charge in [-0.25, -0.2) is 0 Å². The van der Waals surface area contributed by atoms with Crippen LogP contribution in [0.15, 0.2) is 24.3 Å². The topological polar surface area (TPSA) is 67.6 Å². The maximum absolute atomic E-state index is 11.6. The third-order valence-electron chi connectivity index (χ3n) is 3.97. The second-order valence-corrected chi connectivity index (χ2v) is 5.91. The highest BCUT2D eigenvalue weighted by Gasteiger charge is 2.03. The molecule has 0 saturated heterocycles. The van der Waals surface area contributed by atoms with Crippen LogP contribution in [0.25, 0.3) is 0 Å². The number of rotatable bonds is 13. The van der Waals surface area contributed by atoms with Crippen LogP contribution >= 0.6 is 0 Å². The lowest BCUT2D eigenvalue weighted by molar-refractivity contribution is -0.121. The molecule has 3 N–H and O–H groups in total. The maximum atomic E-state index is 11.6. The number of nitrogens with one attached hydrogen (secondary N) is 1. The molecule has 0 unspecified atom stereocenters. The van der Waals surface area contributed by atoms with E-state index in [1.165, 1.54) is 5.56 Å². The lowest BCUT2D eigenvalue weighted by atomic mass is 10.2. The van der Waals surface area contributed by atoms with Gasteiger partial charge in [-0.15, -0.1) is 0 Å². The Morgan fingerprint density at radius 3 is 2.71 bits per heavy atom. The number of nitrogens with zero attached hydrogens (tertiary/aromatic N) is 1. The van der Waals surface area contributed by atoms with E-state index < -0.39 is 0 Å². The van der Waals surface area contributed by atoms with E-state index in [0.717, 1.165) is 44.6 Å². The lowest BCUT2D eigenvalue weighted by Crippen LogP contribution is -2.25. The zero-order valence-electron chi connectivity index (χ0n) is 15.2. The van der Waals surface area contributed by atoms with Crippen molar-refractivity contribution in [1.29, 1.82) is 0 Å². The molecule has 1 aromatic rings. The van der Waals surface area contributed by atoms with Gasteiger partial charge in [-0.1, -0.05) is 26.0 Å². The van der Waals surface area contributed by atoms with Gasteiger partial charge in [0.25, 0.3) is 0 Å². The highest BCUT2D eigenvalue weighted by molar-refractivity contribution is 5.75. The van der Waals surface area contributed by atoms with Crippen LogP contribution in [0, 0.1) is 0 Å². The van der Waals surface area contributed by atoms with Crippen molar-refractivity contribution in [3.8, 4) is 5.75 Å². The molecule has 0 bridgehead atoms. The molecule has 0 aliphatic heterocycles. The maximum Gasteiger partial charge on any atom is 0.219 e. The molecule has 0 spiro atoms. The van der Waals surface area contributed by atoms with Crippen molar-refractivity contribution < 1.29 is 9.53 Å². The van der Waals surface area contributed by atoms with Crippen LogP contribution in [0.3, 0.4) is 0 Å². The zero-order valence-corrected chi connectivity index (χ0v) is 15.2. The summed E-state index contributed by atoms with van der Waals surface area (Å²) in [5.41, 5.74) is 6.68. The first kappa shape index (κ1) is 20.5. The van der Waals surface area contributed by atoms with E-state index in [1.807, 2.05) is 12.1 Å². The Morgan fingerprint density at radius 1 is 1.21 bits per heavy atom. The summed E-state index contributed by atoms with van der Waals surface area (Å²) < 4.78 is 5.79. The second-order valence-electron chi connectivity index (χ2n) is 5.91. The summed E-state index contributed by atoms with van der Waals surface area (Å²) in [6.07, 6.45) is 3.13. The van der Waals surface area contributed by atoms with Gasteiger partial charge in [0.1, 0.15) is 5.75 Å². The Bertz CT molecular complexity index is 462. The molecule has 0 aliphatic carbocycles. The molecule has 5 heteroatoms. The Hall–Kier alpha value is -1.59. The van der Waals surface area contributed by atoms with Crippen LogP contribution in [0.4, 0.5) is 0 Å². The van der Waals surface area contributed by atoms with Crippen molar-refractivity contribution in [2.45, 2.75) is 46.1 Å². The summed E-state index contributed by atoms with van der Waals surface area (Å²) in [6, 6.07) is 8.25. The van der Waals surface area contributed by atoms with Crippen molar-refractivity contribution in [1.82, 2.24) is 10.2 Å². The van der Waals surface area contributed by atoms with Gasteiger partial charge in [0.05, 0.1) is 6.61 Å². The minimum absolute atomic E-state index is 0.102. The van der Waals surface area contributed by atoms with E-state index in [2.05, 4.69) is 36.2 Å². The second kappa shape index (κ2) is 12.8. The van der Waals surface area contributed by atoms with Gasteiger partial charge in [0.15, 0.2) is 0 Å². The molecule has 0 aromatic heterocycles. The van der Waals surface area contributed by atoms with Crippen LogP contribution in [0.1, 0.15) is 45.1 Å². The van der Waals surface area contributed by atoms with Crippen molar-refractivity contribution in [3.05, 3.63) is 29.8 Å². The minimum Gasteiger partial charge on any atom is -0.494 e. The third kappa shape index (κ3) is 8.89. The Balaban J connectivity index is 2.22. The Labute approximate surface area is 146 Å². The molecule has 1 amide bonds. The number of benzene rings is 1. The number of unbranched alkanes of at least 4 members (excludes halogenated alkanes) is 1. The Kier molecular flexibility index (Phi) is 10.9.